The molecular weight excluding hydrogens is 533 g/mol. The average Bonchev–Trinajstić information content (AvgIpc) is 3.17. The van der Waals surface area contributed by atoms with E-state index in [9.17, 15) is 18.0 Å². The summed E-state index contributed by atoms with van der Waals surface area (Å²) in [5, 5.41) is 0.536. The molecule has 0 saturated heterocycles. The number of benzene rings is 2. The zero-order valence-electron chi connectivity index (χ0n) is 19.5. The quantitative estimate of drug-likeness (QED) is 0.354. The number of amides is 1. The molecule has 1 aromatic heterocycles. The first-order valence-electron chi connectivity index (χ1n) is 10.9. The van der Waals surface area contributed by atoms with E-state index < -0.39 is 21.9 Å². The van der Waals surface area contributed by atoms with Gasteiger partial charge in [-0.15, -0.1) is 0 Å². The van der Waals surface area contributed by atoms with Crippen LogP contribution in [-0.4, -0.2) is 49.4 Å². The fourth-order valence-electron chi connectivity index (χ4n) is 3.27. The molecule has 0 N–H and O–H groups in total. The highest BCUT2D eigenvalue weighted by Gasteiger charge is 2.21. The number of esters is 1. The number of nitrogens with zero attached hydrogens (tertiary/aromatic N) is 3. The van der Waals surface area contributed by atoms with Crippen LogP contribution in [0.25, 0.3) is 10.2 Å². The molecule has 188 valence electrons. The smallest absolute Gasteiger partial charge is 0.326 e. The Morgan fingerprint density at radius 2 is 1.80 bits per heavy atom. The zero-order valence-corrected chi connectivity index (χ0v) is 22.6. The molecule has 3 aromatic rings. The van der Waals surface area contributed by atoms with Crippen molar-refractivity contribution >= 4 is 66.7 Å². The van der Waals surface area contributed by atoms with Crippen molar-refractivity contribution in [3.8, 4) is 0 Å². The molecule has 0 spiro atoms. The highest BCUT2D eigenvalue weighted by Crippen LogP contribution is 2.32. The van der Waals surface area contributed by atoms with Crippen LogP contribution in [0.4, 0.5) is 0 Å². The Labute approximate surface area is 217 Å². The third-order valence-electron chi connectivity index (χ3n) is 5.16. The summed E-state index contributed by atoms with van der Waals surface area (Å²) in [6.07, 6.45) is 1.63. The van der Waals surface area contributed by atoms with Gasteiger partial charge in [-0.3, -0.25) is 9.59 Å². The molecule has 0 fully saturated rings. The summed E-state index contributed by atoms with van der Waals surface area (Å²) < 4.78 is 34.0. The first-order chi connectivity index (χ1) is 16.6. The van der Waals surface area contributed by atoms with Gasteiger partial charge in [-0.2, -0.15) is 4.99 Å². The minimum absolute atomic E-state index is 0.0910. The number of hydrogen-bond acceptors (Lipinski definition) is 6. The van der Waals surface area contributed by atoms with Crippen LogP contribution in [0.1, 0.15) is 37.0 Å². The topological polar surface area (TPSA) is 98.0 Å². The van der Waals surface area contributed by atoms with E-state index in [0.717, 1.165) is 12.8 Å². The highest BCUT2D eigenvalue weighted by molar-refractivity contribution is 7.89. The Kier molecular flexibility index (Phi) is 9.11. The number of fused-ring (bicyclic) bond motifs is 1. The van der Waals surface area contributed by atoms with Crippen molar-refractivity contribution in [3.05, 3.63) is 56.8 Å². The minimum atomic E-state index is -3.65. The number of carbonyl (C=O) groups is 2. The zero-order chi connectivity index (χ0) is 25.8. The van der Waals surface area contributed by atoms with Gasteiger partial charge in [-0.05, 0) is 49.7 Å². The summed E-state index contributed by atoms with van der Waals surface area (Å²) >= 11 is 13.7. The monoisotopic (exact) mass is 557 g/mol. The van der Waals surface area contributed by atoms with Crippen LogP contribution in [0, 0.1) is 0 Å². The molecule has 0 aliphatic carbocycles. The van der Waals surface area contributed by atoms with E-state index in [1.54, 1.807) is 19.1 Å². The fourth-order valence-corrected chi connectivity index (χ4v) is 5.99. The van der Waals surface area contributed by atoms with Gasteiger partial charge in [0.05, 0.1) is 31.8 Å². The number of thiazole rings is 1. The van der Waals surface area contributed by atoms with E-state index in [4.69, 9.17) is 27.9 Å². The van der Waals surface area contributed by atoms with Gasteiger partial charge < -0.3 is 9.30 Å². The second-order valence-corrected chi connectivity index (χ2v) is 11.4. The van der Waals surface area contributed by atoms with Gasteiger partial charge in [0.25, 0.3) is 5.91 Å². The van der Waals surface area contributed by atoms with E-state index in [1.165, 1.54) is 51.5 Å². The van der Waals surface area contributed by atoms with Gasteiger partial charge >= 0.3 is 5.97 Å². The Morgan fingerprint density at radius 3 is 2.43 bits per heavy atom. The summed E-state index contributed by atoms with van der Waals surface area (Å²) in [5.74, 6) is -1.11. The lowest BCUT2D eigenvalue weighted by molar-refractivity contribution is -0.143. The maximum absolute atomic E-state index is 12.9. The predicted molar refractivity (Wildman–Crippen MR) is 138 cm³/mol. The van der Waals surface area contributed by atoms with Crippen molar-refractivity contribution in [2.24, 2.45) is 4.99 Å². The predicted octanol–water partition coefficient (Wildman–Crippen LogP) is 4.73. The van der Waals surface area contributed by atoms with Crippen molar-refractivity contribution in [1.29, 1.82) is 0 Å². The van der Waals surface area contributed by atoms with Crippen LogP contribution < -0.4 is 4.80 Å². The third kappa shape index (κ3) is 6.13. The largest absolute Gasteiger partial charge is 0.465 e. The average molecular weight is 559 g/mol. The van der Waals surface area contributed by atoms with Crippen LogP contribution in [-0.2, 0) is 26.1 Å². The molecule has 0 radical (unpaired) electrons. The number of rotatable bonds is 9. The molecule has 0 unspecified atom stereocenters. The summed E-state index contributed by atoms with van der Waals surface area (Å²) in [4.78, 5) is 29.7. The lowest BCUT2D eigenvalue weighted by atomic mass is 10.2. The molecule has 1 heterocycles. The summed E-state index contributed by atoms with van der Waals surface area (Å²) in [5.41, 5.74) is 0.671. The van der Waals surface area contributed by atoms with Crippen molar-refractivity contribution in [2.75, 3.05) is 20.2 Å². The van der Waals surface area contributed by atoms with E-state index in [0.29, 0.717) is 21.8 Å². The summed E-state index contributed by atoms with van der Waals surface area (Å²) in [6, 6.07) is 8.95. The van der Waals surface area contributed by atoms with Gasteiger partial charge in [-0.1, -0.05) is 47.9 Å². The number of aromatic nitrogens is 1. The normalized spacial score (nSPS) is 12.5. The second kappa shape index (κ2) is 11.7. The molecule has 0 aliphatic rings. The molecule has 0 bridgehead atoms. The fraction of sp³-hybridized carbons (Fsp3) is 0.348. The molecule has 3 rings (SSSR count). The minimum Gasteiger partial charge on any atom is -0.465 e. The summed E-state index contributed by atoms with van der Waals surface area (Å²) in [7, 11) is -2.13. The molecule has 1 amide bonds. The van der Waals surface area contributed by atoms with E-state index in [1.807, 2.05) is 6.92 Å². The van der Waals surface area contributed by atoms with Crippen molar-refractivity contribution in [3.63, 3.8) is 0 Å². The lowest BCUT2D eigenvalue weighted by Crippen LogP contribution is -2.27. The molecule has 12 heteroatoms. The van der Waals surface area contributed by atoms with E-state index in [-0.39, 0.29) is 33.4 Å². The number of ether oxygens (including phenoxy) is 1. The standard InChI is InChI=1S/C23H25Cl2N3O5S2/c1-4-6-13-27(3)35(31,32)16-9-7-15(8-10-16)22(30)26-23-28(14-19(29)33-5-2)21-18(34-23)12-11-17(24)20(21)25/h7-12H,4-6,13-14H2,1-3H3. The number of carbonyl (C=O) groups excluding carboxylic acids is 2. The van der Waals surface area contributed by atoms with Crippen molar-refractivity contribution in [2.45, 2.75) is 38.1 Å². The summed E-state index contributed by atoms with van der Waals surface area (Å²) in [6.45, 7) is 4.08. The number of hydrogen-bond donors (Lipinski definition) is 0. The van der Waals surface area contributed by atoms with Gasteiger partial charge in [-0.25, -0.2) is 12.7 Å². The van der Waals surface area contributed by atoms with E-state index >= 15 is 0 Å². The molecule has 35 heavy (non-hydrogen) atoms. The Bertz CT molecular complexity index is 1410. The van der Waals surface area contributed by atoms with Crippen LogP contribution in [0.2, 0.25) is 10.0 Å². The maximum atomic E-state index is 12.9. The Morgan fingerprint density at radius 1 is 1.11 bits per heavy atom. The van der Waals surface area contributed by atoms with Crippen LogP contribution in [0.15, 0.2) is 46.3 Å². The molecule has 8 nitrogen and oxygen atoms in total. The number of sulfonamides is 1. The Hall–Kier alpha value is -2.24. The first kappa shape index (κ1) is 27.3. The molecule has 2 aromatic carbocycles. The molecular formula is C23H25Cl2N3O5S2. The van der Waals surface area contributed by atoms with Crippen LogP contribution in [0.3, 0.4) is 0 Å². The van der Waals surface area contributed by atoms with Crippen LogP contribution >= 0.6 is 34.5 Å². The SMILES string of the molecule is CCCCN(C)S(=O)(=O)c1ccc(C(=O)N=c2sc3ccc(Cl)c(Cl)c3n2CC(=O)OCC)cc1. The molecule has 0 saturated carbocycles. The number of unbranched alkanes of at least 4 members (excludes halogenated alkanes) is 1. The first-order valence-corrected chi connectivity index (χ1v) is 13.9. The molecule has 0 aliphatic heterocycles. The molecule has 0 atom stereocenters. The van der Waals surface area contributed by atoms with Crippen molar-refractivity contribution < 1.29 is 22.7 Å². The van der Waals surface area contributed by atoms with Gasteiger partial charge in [0.2, 0.25) is 10.0 Å². The van der Waals surface area contributed by atoms with Crippen molar-refractivity contribution in [1.82, 2.24) is 8.87 Å². The highest BCUT2D eigenvalue weighted by atomic mass is 35.5. The lowest BCUT2D eigenvalue weighted by Gasteiger charge is -2.16. The van der Waals surface area contributed by atoms with Gasteiger partial charge in [0.1, 0.15) is 6.54 Å². The van der Waals surface area contributed by atoms with E-state index in [2.05, 4.69) is 4.99 Å². The van der Waals surface area contributed by atoms with Crippen LogP contribution in [0.5, 0.6) is 0 Å². The number of halogens is 2. The third-order valence-corrected chi connectivity index (χ3v) is 8.87. The Balaban J connectivity index is 1.99. The van der Waals surface area contributed by atoms with Gasteiger partial charge in [0, 0.05) is 19.2 Å². The maximum Gasteiger partial charge on any atom is 0.326 e. The second-order valence-electron chi connectivity index (χ2n) is 7.61. The van der Waals surface area contributed by atoms with Gasteiger partial charge in [0.15, 0.2) is 4.80 Å².